The van der Waals surface area contributed by atoms with Crippen LogP contribution in [-0.4, -0.2) is 108 Å². The summed E-state index contributed by atoms with van der Waals surface area (Å²) >= 11 is 7.92. The van der Waals surface area contributed by atoms with Crippen LogP contribution in [0.15, 0.2) is 77.8 Å². The van der Waals surface area contributed by atoms with Gasteiger partial charge in [-0.05, 0) is 130 Å². The second-order valence-electron chi connectivity index (χ2n) is 19.9. The Morgan fingerprint density at radius 3 is 2.49 bits per heavy atom. The van der Waals surface area contributed by atoms with Crippen LogP contribution < -0.4 is 25.0 Å². The van der Waals surface area contributed by atoms with Crippen molar-refractivity contribution in [3.8, 4) is 21.9 Å². The van der Waals surface area contributed by atoms with Crippen LogP contribution in [0.3, 0.4) is 0 Å². The Kier molecular flexibility index (Phi) is 16.5. The number of ether oxygens (including phenoxy) is 2. The zero-order valence-corrected chi connectivity index (χ0v) is 43.9. The monoisotopic (exact) mass is 1030 g/mol. The van der Waals surface area contributed by atoms with Gasteiger partial charge in [0.2, 0.25) is 12.3 Å². The van der Waals surface area contributed by atoms with Gasteiger partial charge in [0, 0.05) is 59.6 Å². The van der Waals surface area contributed by atoms with Gasteiger partial charge in [0.25, 0.3) is 0 Å². The third-order valence-electron chi connectivity index (χ3n) is 15.0. The number of carbonyl (C=O) groups excluding carboxylic acids is 5. The van der Waals surface area contributed by atoms with Crippen LogP contribution in [0.4, 0.5) is 17.1 Å². The molecule has 3 saturated heterocycles. The van der Waals surface area contributed by atoms with Gasteiger partial charge in [0.15, 0.2) is 24.6 Å². The summed E-state index contributed by atoms with van der Waals surface area (Å²) < 4.78 is 28.7. The lowest BCUT2D eigenvalue weighted by Crippen LogP contribution is -2.72. The smallest absolute Gasteiger partial charge is 0.249 e. The highest BCUT2D eigenvalue weighted by Gasteiger charge is 2.59. The summed E-state index contributed by atoms with van der Waals surface area (Å²) in [6.45, 7) is 14.2. The normalized spacial score (nSPS) is 20.8. The van der Waals surface area contributed by atoms with Gasteiger partial charge >= 0.3 is 0 Å². The molecule has 4 heterocycles. The number of benzene rings is 4. The summed E-state index contributed by atoms with van der Waals surface area (Å²) in [4.78, 5) is 68.8. The van der Waals surface area contributed by atoms with E-state index in [1.54, 1.807) is 6.07 Å². The van der Waals surface area contributed by atoms with Crippen molar-refractivity contribution in [2.75, 3.05) is 43.7 Å². The molecule has 3 aliphatic heterocycles. The van der Waals surface area contributed by atoms with Crippen LogP contribution in [0.25, 0.3) is 21.2 Å². The Morgan fingerprint density at radius 1 is 1.01 bits per heavy atom. The average molecular weight is 1040 g/mol. The zero-order chi connectivity index (χ0) is 51.3. The number of fused-ring (bicyclic) bond motifs is 4. The number of nitrogens with one attached hydrogen (secondary N) is 2. The molecule has 72 heavy (non-hydrogen) atoms. The second kappa shape index (κ2) is 22.5. The number of halogens is 1. The lowest BCUT2D eigenvalue weighted by Gasteiger charge is -2.64. The minimum atomic E-state index is -1.36. The van der Waals surface area contributed by atoms with Crippen molar-refractivity contribution < 1.29 is 37.7 Å². The molecule has 2 N–H and O–H groups in total. The van der Waals surface area contributed by atoms with Gasteiger partial charge in [0.1, 0.15) is 40.7 Å². The Balaban J connectivity index is 0.894. The van der Waals surface area contributed by atoms with E-state index >= 15 is 0 Å². The number of anilines is 2. The van der Waals surface area contributed by atoms with E-state index in [0.29, 0.717) is 69.7 Å². The molecule has 2 bridgehead atoms. The number of hydrogen-bond acceptors (Lipinski definition) is 13. The number of aldehydes is 3. The Hall–Kier alpha value is -5.78. The maximum atomic E-state index is 14.6. The van der Waals surface area contributed by atoms with Gasteiger partial charge in [0.05, 0.1) is 21.6 Å². The van der Waals surface area contributed by atoms with Crippen LogP contribution in [0, 0.1) is 5.92 Å². The summed E-state index contributed by atoms with van der Waals surface area (Å²) in [7, 11) is 0.482. The number of likely N-dealkylation sites (tertiary alicyclic amines) is 1. The third-order valence-corrected chi connectivity index (χ3v) is 18.5. The van der Waals surface area contributed by atoms with Gasteiger partial charge in [-0.25, -0.2) is 8.51 Å². The highest BCUT2D eigenvalue weighted by atomic mass is 35.5. The second-order valence-corrected chi connectivity index (χ2v) is 22.6. The lowest BCUT2D eigenvalue weighted by atomic mass is 9.61. The fourth-order valence-corrected chi connectivity index (χ4v) is 15.0. The largest absolute Gasteiger partial charge is 0.483 e. The van der Waals surface area contributed by atoms with Crippen LogP contribution in [0.1, 0.15) is 110 Å². The highest BCUT2D eigenvalue weighted by molar-refractivity contribution is 7.81. The molecule has 14 nitrogen and oxygen atoms in total. The summed E-state index contributed by atoms with van der Waals surface area (Å²) in [6, 6.07) is 23.1. The molecule has 4 aromatic carbocycles. The van der Waals surface area contributed by atoms with Gasteiger partial charge < -0.3 is 19.7 Å². The first-order chi connectivity index (χ1) is 34.7. The van der Waals surface area contributed by atoms with E-state index in [4.69, 9.17) is 21.1 Å². The molecule has 4 aliphatic rings. The molecular formula is C55H63ClN6O8S2. The van der Waals surface area contributed by atoms with Crippen molar-refractivity contribution in [3.05, 3.63) is 99.4 Å². The molecule has 1 saturated carbocycles. The first-order valence-electron chi connectivity index (χ1n) is 24.5. The predicted molar refractivity (Wildman–Crippen MR) is 288 cm³/mol. The molecule has 4 fully saturated rings. The predicted octanol–water partition coefficient (Wildman–Crippen LogP) is 10.1. The molecule has 5 atom stereocenters. The van der Waals surface area contributed by atoms with E-state index in [1.165, 1.54) is 11.3 Å². The molecule has 9 rings (SSSR count). The van der Waals surface area contributed by atoms with Crippen LogP contribution in [0.5, 0.6) is 11.5 Å². The fourth-order valence-electron chi connectivity index (χ4n) is 11.7. The third kappa shape index (κ3) is 10.5. The average Bonchev–Trinajstić information content (AvgIpc) is 3.70. The summed E-state index contributed by atoms with van der Waals surface area (Å²) in [5, 5.41) is 8.22. The van der Waals surface area contributed by atoms with Crippen molar-refractivity contribution in [2.24, 2.45) is 10.9 Å². The van der Waals surface area contributed by atoms with Gasteiger partial charge in [-0.3, -0.25) is 39.2 Å². The zero-order valence-electron chi connectivity index (χ0n) is 41.5. The first kappa shape index (κ1) is 52.5. The van der Waals surface area contributed by atoms with Crippen LogP contribution in [0.2, 0.25) is 5.02 Å². The van der Waals surface area contributed by atoms with E-state index in [1.807, 2.05) is 79.5 Å². The molecule has 0 radical (unpaired) electrons. The summed E-state index contributed by atoms with van der Waals surface area (Å²) in [5.74, 6) is 1.21. The number of aliphatic imine (C=N–C) groups is 1. The SMILES string of the molecule is C=Nc1cc(CS(=O)N2C3(C)CCC(C(Nc4cccc(-c5sc(C=O)c(OCC=O)c5Cl)c4)C3)C2(C)C)ccc1OCN1CCC(c2ccc(N(C)C(CCC)C(=O)NC=O)c3c(C=O)cccc23)CC1. The molecule has 380 valence electrons. The van der Waals surface area contributed by atoms with Gasteiger partial charge in [-0.2, -0.15) is 0 Å². The number of likely N-dealkylation sites (N-methyl/N-ethyl adjacent to an activating group) is 1. The number of rotatable bonds is 22. The van der Waals surface area contributed by atoms with Crippen LogP contribution >= 0.6 is 22.9 Å². The number of nitrogens with zero attached hydrogens (tertiary/aromatic N) is 4. The fraction of sp³-hybridized carbons (Fsp3) is 0.418. The van der Waals surface area contributed by atoms with E-state index in [9.17, 15) is 28.2 Å². The standard InChI is InChI=1S/C55H63ClN6O8S2/c1-7-10-46(53(67)58-33-66)60(6)45-17-16-40(41-14-9-12-38(30-64)49(41)45)36-20-23-61(24-21-36)34-70-47-18-15-35(27-43(47)57-5)32-72(68)62-54(2,3)42-19-22-55(62,4)29-44(42)59-39-13-8-11-37(28-39)52-50(56)51(69-26-25-63)48(31-65)71-52/h8-9,11-18,25,27-28,30-31,33,36,42,44,46,59H,5,7,10,19-24,26,29,32,34H2,1-4,6H3,(H,58,66,67). The molecule has 0 spiro atoms. The minimum Gasteiger partial charge on any atom is -0.483 e. The van der Waals surface area contributed by atoms with Crippen molar-refractivity contribution >= 4 is 99.7 Å². The van der Waals surface area contributed by atoms with E-state index < -0.39 is 22.6 Å². The van der Waals surface area contributed by atoms with Crippen molar-refractivity contribution in [1.29, 1.82) is 0 Å². The van der Waals surface area contributed by atoms with Crippen molar-refractivity contribution in [3.63, 3.8) is 0 Å². The number of thiophene rings is 1. The molecule has 17 heteroatoms. The van der Waals surface area contributed by atoms with Crippen molar-refractivity contribution in [1.82, 2.24) is 14.5 Å². The Morgan fingerprint density at radius 2 is 1.79 bits per heavy atom. The van der Waals surface area contributed by atoms with Crippen molar-refractivity contribution in [2.45, 2.75) is 107 Å². The van der Waals surface area contributed by atoms with Crippen LogP contribution in [-0.2, 0) is 31.1 Å². The number of imide groups is 1. The van der Waals surface area contributed by atoms with E-state index in [2.05, 4.69) is 58.4 Å². The maximum absolute atomic E-state index is 14.6. The van der Waals surface area contributed by atoms with Gasteiger partial charge in [-0.1, -0.05) is 67.4 Å². The topological polar surface area (TPSA) is 167 Å². The molecule has 1 aromatic heterocycles. The van der Waals surface area contributed by atoms with E-state index in [0.717, 1.165) is 96.7 Å². The molecular weight excluding hydrogens is 972 g/mol. The number of carbonyl (C=O) groups is 5. The highest BCUT2D eigenvalue weighted by Crippen LogP contribution is 2.54. The first-order valence-corrected chi connectivity index (χ1v) is 27.0. The summed E-state index contributed by atoms with van der Waals surface area (Å²) in [6.07, 6.45) is 8.33. The maximum Gasteiger partial charge on any atom is 0.249 e. The number of hydrogen-bond donors (Lipinski definition) is 2. The lowest BCUT2D eigenvalue weighted by molar-refractivity contribution is -0.126. The van der Waals surface area contributed by atoms with E-state index in [-0.39, 0.29) is 41.7 Å². The Labute approximate surface area is 433 Å². The Bertz CT molecular complexity index is 2880. The minimum absolute atomic E-state index is 0.115. The number of amides is 2. The quantitative estimate of drug-likeness (QED) is 0.0500. The molecule has 1 aliphatic carbocycles. The molecule has 5 unspecified atom stereocenters. The molecule has 2 amide bonds. The molecule has 5 aromatic rings. The summed E-state index contributed by atoms with van der Waals surface area (Å²) in [5.41, 5.74) is 4.97. The van der Waals surface area contributed by atoms with Gasteiger partial charge in [-0.15, -0.1) is 11.3 Å². The number of piperidine rings is 3.